The minimum Gasteiger partial charge on any atom is -0.309 e. The first-order chi connectivity index (χ1) is 8.05. The van der Waals surface area contributed by atoms with Crippen molar-refractivity contribution in [2.45, 2.75) is 19.0 Å². The van der Waals surface area contributed by atoms with Gasteiger partial charge in [-0.05, 0) is 12.0 Å². The van der Waals surface area contributed by atoms with Crippen LogP contribution in [0.25, 0.3) is 0 Å². The maximum atomic E-state index is 11.4. The Labute approximate surface area is 103 Å². The van der Waals surface area contributed by atoms with Crippen LogP contribution in [0, 0.1) is 0 Å². The van der Waals surface area contributed by atoms with Crippen LogP contribution in [-0.4, -0.2) is 38.1 Å². The van der Waals surface area contributed by atoms with Gasteiger partial charge in [-0.1, -0.05) is 30.3 Å². The lowest BCUT2D eigenvalue weighted by atomic mass is 10.2. The third-order valence-electron chi connectivity index (χ3n) is 3.06. The number of sulfonamides is 1. The molecule has 1 aromatic rings. The van der Waals surface area contributed by atoms with Gasteiger partial charge in [0.2, 0.25) is 10.0 Å². The van der Waals surface area contributed by atoms with E-state index in [4.69, 9.17) is 0 Å². The molecule has 1 heterocycles. The fourth-order valence-corrected chi connectivity index (χ4v) is 2.94. The van der Waals surface area contributed by atoms with Gasteiger partial charge in [0.15, 0.2) is 0 Å². The molecule has 1 aliphatic rings. The highest BCUT2D eigenvalue weighted by atomic mass is 32.2. The first kappa shape index (κ1) is 12.5. The fourth-order valence-electron chi connectivity index (χ4n) is 2.05. The van der Waals surface area contributed by atoms with Crippen molar-refractivity contribution in [3.05, 3.63) is 35.9 Å². The van der Waals surface area contributed by atoms with Crippen molar-refractivity contribution >= 4 is 10.0 Å². The van der Waals surface area contributed by atoms with Crippen LogP contribution >= 0.6 is 0 Å². The van der Waals surface area contributed by atoms with Gasteiger partial charge in [0.1, 0.15) is 0 Å². The first-order valence-electron chi connectivity index (χ1n) is 5.78. The first-order valence-corrected chi connectivity index (χ1v) is 7.63. The van der Waals surface area contributed by atoms with Crippen LogP contribution in [-0.2, 0) is 16.6 Å². The Bertz CT molecular complexity index is 459. The molecule has 0 spiro atoms. The van der Waals surface area contributed by atoms with Crippen molar-refractivity contribution in [3.8, 4) is 0 Å². The van der Waals surface area contributed by atoms with Crippen LogP contribution in [0.1, 0.15) is 12.0 Å². The van der Waals surface area contributed by atoms with Crippen LogP contribution in [0.2, 0.25) is 0 Å². The van der Waals surface area contributed by atoms with E-state index in [0.717, 1.165) is 13.0 Å². The van der Waals surface area contributed by atoms with Crippen LogP contribution in [0.15, 0.2) is 30.3 Å². The van der Waals surface area contributed by atoms with Crippen LogP contribution < -0.4 is 5.32 Å². The zero-order valence-electron chi connectivity index (χ0n) is 9.96. The van der Waals surface area contributed by atoms with Gasteiger partial charge in [-0.3, -0.25) is 0 Å². The van der Waals surface area contributed by atoms with Crippen molar-refractivity contribution in [1.82, 2.24) is 9.62 Å². The third-order valence-corrected chi connectivity index (χ3v) is 4.33. The van der Waals surface area contributed by atoms with E-state index in [1.54, 1.807) is 0 Å². The predicted molar refractivity (Wildman–Crippen MR) is 68.1 cm³/mol. The summed E-state index contributed by atoms with van der Waals surface area (Å²) in [5.41, 5.74) is 1.23. The molecule has 1 N–H and O–H groups in total. The molecule has 4 nitrogen and oxygen atoms in total. The molecule has 1 fully saturated rings. The van der Waals surface area contributed by atoms with Crippen LogP contribution in [0.4, 0.5) is 0 Å². The molecule has 1 aromatic carbocycles. The van der Waals surface area contributed by atoms with Crippen molar-refractivity contribution in [2.24, 2.45) is 0 Å². The molecule has 0 aliphatic carbocycles. The summed E-state index contributed by atoms with van der Waals surface area (Å²) in [6.45, 7) is 2.01. The summed E-state index contributed by atoms with van der Waals surface area (Å²) < 4.78 is 24.2. The second-order valence-corrected chi connectivity index (χ2v) is 6.46. The molecule has 0 saturated carbocycles. The second kappa shape index (κ2) is 5.16. The number of benzene rings is 1. The van der Waals surface area contributed by atoms with Crippen molar-refractivity contribution < 1.29 is 8.42 Å². The molecule has 17 heavy (non-hydrogen) atoms. The Hall–Kier alpha value is -0.910. The molecular formula is C12H18N2O2S. The Balaban J connectivity index is 1.83. The number of nitrogens with one attached hydrogen (secondary N) is 1. The van der Waals surface area contributed by atoms with Crippen molar-refractivity contribution in [2.75, 3.05) is 19.3 Å². The summed E-state index contributed by atoms with van der Waals surface area (Å²) >= 11 is 0. The van der Waals surface area contributed by atoms with Crippen LogP contribution in [0.5, 0.6) is 0 Å². The van der Waals surface area contributed by atoms with E-state index in [2.05, 4.69) is 17.4 Å². The van der Waals surface area contributed by atoms with Crippen LogP contribution in [0.3, 0.4) is 0 Å². The van der Waals surface area contributed by atoms with E-state index >= 15 is 0 Å². The minimum atomic E-state index is -3.03. The molecule has 1 saturated heterocycles. The SMILES string of the molecule is CS(=O)(=O)N1CCC(NCc2ccccc2)C1. The molecule has 5 heteroatoms. The number of hydrogen-bond donors (Lipinski definition) is 1. The van der Waals surface area contributed by atoms with Gasteiger partial charge in [-0.25, -0.2) is 12.7 Å². The van der Waals surface area contributed by atoms with E-state index in [9.17, 15) is 8.42 Å². The summed E-state index contributed by atoms with van der Waals surface area (Å²) in [6.07, 6.45) is 2.16. The topological polar surface area (TPSA) is 49.4 Å². The van der Waals surface area contributed by atoms with E-state index < -0.39 is 10.0 Å². The van der Waals surface area contributed by atoms with Gasteiger partial charge in [-0.15, -0.1) is 0 Å². The summed E-state index contributed by atoms with van der Waals surface area (Å²) in [4.78, 5) is 0. The van der Waals surface area contributed by atoms with Gasteiger partial charge in [-0.2, -0.15) is 0 Å². The zero-order chi connectivity index (χ0) is 12.3. The highest BCUT2D eigenvalue weighted by Gasteiger charge is 2.27. The normalized spacial score (nSPS) is 21.8. The van der Waals surface area contributed by atoms with E-state index in [-0.39, 0.29) is 6.04 Å². The minimum absolute atomic E-state index is 0.268. The summed E-state index contributed by atoms with van der Waals surface area (Å²) in [7, 11) is -3.03. The van der Waals surface area contributed by atoms with Gasteiger partial charge in [0, 0.05) is 25.7 Å². The van der Waals surface area contributed by atoms with E-state index in [0.29, 0.717) is 13.1 Å². The summed E-state index contributed by atoms with van der Waals surface area (Å²) in [5.74, 6) is 0. The monoisotopic (exact) mass is 254 g/mol. The summed E-state index contributed by atoms with van der Waals surface area (Å²) in [5, 5.41) is 3.39. The number of hydrogen-bond acceptors (Lipinski definition) is 3. The Morgan fingerprint density at radius 1 is 1.35 bits per heavy atom. The average Bonchev–Trinajstić information content (AvgIpc) is 2.76. The predicted octanol–water partition coefficient (Wildman–Crippen LogP) is 0.810. The van der Waals surface area contributed by atoms with Crippen molar-refractivity contribution in [1.29, 1.82) is 0 Å². The molecule has 0 amide bonds. The highest BCUT2D eigenvalue weighted by molar-refractivity contribution is 7.88. The molecule has 2 rings (SSSR count). The van der Waals surface area contributed by atoms with E-state index in [1.807, 2.05) is 18.2 Å². The molecule has 1 atom stereocenters. The maximum Gasteiger partial charge on any atom is 0.211 e. The quantitative estimate of drug-likeness (QED) is 0.865. The third kappa shape index (κ3) is 3.52. The Kier molecular flexibility index (Phi) is 3.81. The highest BCUT2D eigenvalue weighted by Crippen LogP contribution is 2.13. The van der Waals surface area contributed by atoms with Gasteiger partial charge in [0.25, 0.3) is 0 Å². The largest absolute Gasteiger partial charge is 0.309 e. The maximum absolute atomic E-state index is 11.4. The van der Waals surface area contributed by atoms with E-state index in [1.165, 1.54) is 16.1 Å². The van der Waals surface area contributed by atoms with Crippen molar-refractivity contribution in [3.63, 3.8) is 0 Å². The lowest BCUT2D eigenvalue weighted by Gasteiger charge is -2.14. The van der Waals surface area contributed by atoms with Gasteiger partial charge >= 0.3 is 0 Å². The fraction of sp³-hybridized carbons (Fsp3) is 0.500. The average molecular weight is 254 g/mol. The zero-order valence-corrected chi connectivity index (χ0v) is 10.8. The molecule has 1 aliphatic heterocycles. The number of rotatable bonds is 4. The Morgan fingerprint density at radius 2 is 2.06 bits per heavy atom. The molecule has 1 unspecified atom stereocenters. The Morgan fingerprint density at radius 3 is 2.65 bits per heavy atom. The lowest BCUT2D eigenvalue weighted by molar-refractivity contribution is 0.461. The molecule has 0 bridgehead atoms. The molecule has 0 aromatic heterocycles. The van der Waals surface area contributed by atoms with Gasteiger partial charge < -0.3 is 5.32 Å². The van der Waals surface area contributed by atoms with Gasteiger partial charge in [0.05, 0.1) is 6.26 Å². The molecular weight excluding hydrogens is 236 g/mol. The standard InChI is InChI=1S/C12H18N2O2S/c1-17(15,16)14-8-7-12(10-14)13-9-11-5-3-2-4-6-11/h2-6,12-13H,7-10H2,1H3. The lowest BCUT2D eigenvalue weighted by Crippen LogP contribution is -2.34. The summed E-state index contributed by atoms with van der Waals surface area (Å²) in [6, 6.07) is 10.4. The number of nitrogens with zero attached hydrogens (tertiary/aromatic N) is 1. The molecule has 94 valence electrons. The molecule has 0 radical (unpaired) electrons. The second-order valence-electron chi connectivity index (χ2n) is 4.47. The smallest absolute Gasteiger partial charge is 0.211 e.